The zero-order valence-electron chi connectivity index (χ0n) is 23.8. The molecule has 0 heteroatoms. The Hall–Kier alpha value is -2.60. The van der Waals surface area contributed by atoms with Crippen LogP contribution in [0.3, 0.4) is 0 Å². The highest BCUT2D eigenvalue weighted by Crippen LogP contribution is 2.42. The zero-order chi connectivity index (χ0) is 25.9. The van der Waals surface area contributed by atoms with Crippen molar-refractivity contribution in [2.75, 3.05) is 0 Å². The van der Waals surface area contributed by atoms with Gasteiger partial charge in [0.05, 0.1) is 0 Å². The highest BCUT2D eigenvalue weighted by molar-refractivity contribution is 5.87. The maximum absolute atomic E-state index is 2.52. The highest BCUT2D eigenvalue weighted by Gasteiger charge is 2.22. The Kier molecular flexibility index (Phi) is 7.93. The van der Waals surface area contributed by atoms with Crippen molar-refractivity contribution < 1.29 is 0 Å². The van der Waals surface area contributed by atoms with Gasteiger partial charge in [-0.15, -0.1) is 0 Å². The van der Waals surface area contributed by atoms with Crippen LogP contribution in [0.5, 0.6) is 0 Å². The number of fused-ring (bicyclic) bond motifs is 1. The largest absolute Gasteiger partial charge is 0.0654 e. The summed E-state index contributed by atoms with van der Waals surface area (Å²) in [5, 5.41) is 0. The van der Waals surface area contributed by atoms with E-state index < -0.39 is 0 Å². The van der Waals surface area contributed by atoms with Gasteiger partial charge in [-0.1, -0.05) is 146 Å². The zero-order valence-corrected chi connectivity index (χ0v) is 23.8. The summed E-state index contributed by atoms with van der Waals surface area (Å²) < 4.78 is 0. The minimum atomic E-state index is 0.175. The summed E-state index contributed by atoms with van der Waals surface area (Å²) >= 11 is 0. The van der Waals surface area contributed by atoms with Crippen molar-refractivity contribution >= 4 is 6.08 Å². The van der Waals surface area contributed by atoms with Crippen molar-refractivity contribution in [1.82, 2.24) is 0 Å². The molecule has 36 heavy (non-hydrogen) atoms. The van der Waals surface area contributed by atoms with Gasteiger partial charge in [0.2, 0.25) is 0 Å². The van der Waals surface area contributed by atoms with Gasteiger partial charge in [-0.05, 0) is 74.6 Å². The van der Waals surface area contributed by atoms with E-state index in [0.717, 1.165) is 6.42 Å². The topological polar surface area (TPSA) is 0 Å². The van der Waals surface area contributed by atoms with Crippen LogP contribution in [-0.2, 0) is 17.3 Å². The second-order valence-electron chi connectivity index (χ2n) is 12.9. The average Bonchev–Trinajstić information content (AvgIpc) is 3.26. The molecular weight excluding hydrogens is 432 g/mol. The summed E-state index contributed by atoms with van der Waals surface area (Å²) in [6, 6.07) is 23.3. The lowest BCUT2D eigenvalue weighted by Gasteiger charge is -2.20. The van der Waals surface area contributed by atoms with Gasteiger partial charge in [-0.3, -0.25) is 0 Å². The Morgan fingerprint density at radius 3 is 1.61 bits per heavy atom. The monoisotopic (exact) mass is 478 g/mol. The summed E-state index contributed by atoms with van der Waals surface area (Å²) in [7, 11) is 0. The number of allylic oxidation sites excluding steroid dienone is 1. The molecule has 0 bridgehead atoms. The normalized spacial score (nSPS) is 13.6. The van der Waals surface area contributed by atoms with Crippen molar-refractivity contribution in [2.24, 2.45) is 0 Å². The van der Waals surface area contributed by atoms with Crippen LogP contribution in [0.15, 0.2) is 66.2 Å². The lowest BCUT2D eigenvalue weighted by molar-refractivity contribution is 0.590. The number of unbranched alkanes of at least 4 members (excludes halogenated alkanes) is 4. The second kappa shape index (κ2) is 10.8. The number of hydrogen-bond donors (Lipinski definition) is 0. The van der Waals surface area contributed by atoms with Gasteiger partial charge in [-0.2, -0.15) is 0 Å². The van der Waals surface area contributed by atoms with Crippen LogP contribution in [0, 0.1) is 0 Å². The minimum Gasteiger partial charge on any atom is -0.0654 e. The predicted molar refractivity (Wildman–Crippen MR) is 160 cm³/mol. The van der Waals surface area contributed by atoms with Crippen molar-refractivity contribution in [1.29, 1.82) is 0 Å². The van der Waals surface area contributed by atoms with Gasteiger partial charge in [0, 0.05) is 0 Å². The fraction of sp³-hybridized carbons (Fsp3) is 0.444. The lowest BCUT2D eigenvalue weighted by Crippen LogP contribution is -2.10. The summed E-state index contributed by atoms with van der Waals surface area (Å²) in [4.78, 5) is 0. The predicted octanol–water partition coefficient (Wildman–Crippen LogP) is 10.9. The number of hydrogen-bond acceptors (Lipinski definition) is 0. The van der Waals surface area contributed by atoms with Crippen molar-refractivity contribution in [3.05, 3.63) is 88.5 Å². The first-order chi connectivity index (χ1) is 17.1. The molecule has 0 fully saturated rings. The average molecular weight is 479 g/mol. The van der Waals surface area contributed by atoms with Crippen LogP contribution < -0.4 is 0 Å². The molecule has 1 aliphatic carbocycles. The van der Waals surface area contributed by atoms with Gasteiger partial charge in [-0.25, -0.2) is 0 Å². The van der Waals surface area contributed by atoms with E-state index in [4.69, 9.17) is 0 Å². The third kappa shape index (κ3) is 6.03. The van der Waals surface area contributed by atoms with Gasteiger partial charge in [0.1, 0.15) is 0 Å². The molecule has 0 amide bonds. The maximum atomic E-state index is 2.52. The van der Waals surface area contributed by atoms with Crippen LogP contribution in [0.25, 0.3) is 28.3 Å². The first-order valence-electron chi connectivity index (χ1n) is 14.1. The maximum Gasteiger partial charge on any atom is -0.00514 e. The second-order valence-corrected chi connectivity index (χ2v) is 12.9. The fourth-order valence-corrected chi connectivity index (χ4v) is 5.44. The standard InChI is InChI=1S/C36H46/c1-8-9-10-11-12-13-26-24-33-31(27-14-18-29(19-15-27)35(2,3)4)22-23-32(34(33)25-26)28-16-20-30(21-17-28)36(5,6)7/h14-24H,8-13,25H2,1-7H3. The van der Waals surface area contributed by atoms with Crippen molar-refractivity contribution in [2.45, 2.75) is 104 Å². The third-order valence-electron chi connectivity index (χ3n) is 7.83. The molecule has 0 aliphatic heterocycles. The SMILES string of the molecule is CCCCCCCC1=Cc2c(-c3ccc(C(C)(C)C)cc3)ccc(-c3ccc(C(C)(C)C)cc3)c2C1. The first-order valence-corrected chi connectivity index (χ1v) is 14.1. The molecule has 0 heterocycles. The molecule has 0 aromatic heterocycles. The Bertz CT molecular complexity index is 1190. The van der Waals surface area contributed by atoms with Crippen molar-refractivity contribution in [3.63, 3.8) is 0 Å². The molecule has 3 aromatic rings. The number of rotatable bonds is 8. The smallest absolute Gasteiger partial charge is 0.00514 e. The molecule has 0 saturated heterocycles. The van der Waals surface area contributed by atoms with E-state index in [1.165, 1.54) is 83.0 Å². The molecular formula is C36H46. The molecule has 3 aromatic carbocycles. The van der Waals surface area contributed by atoms with Gasteiger partial charge in [0.15, 0.2) is 0 Å². The van der Waals surface area contributed by atoms with E-state index in [1.807, 2.05) is 0 Å². The van der Waals surface area contributed by atoms with Crippen LogP contribution in [0.1, 0.15) is 109 Å². The Labute approximate surface area is 220 Å². The van der Waals surface area contributed by atoms with Gasteiger partial charge < -0.3 is 0 Å². The van der Waals surface area contributed by atoms with E-state index in [9.17, 15) is 0 Å². The molecule has 0 radical (unpaired) electrons. The number of benzene rings is 3. The molecule has 0 nitrogen and oxygen atoms in total. The van der Waals surface area contributed by atoms with E-state index >= 15 is 0 Å². The first kappa shape index (κ1) is 26.5. The van der Waals surface area contributed by atoms with E-state index in [-0.39, 0.29) is 10.8 Å². The summed E-state index contributed by atoms with van der Waals surface area (Å²) in [5.74, 6) is 0. The minimum absolute atomic E-state index is 0.175. The molecule has 0 unspecified atom stereocenters. The van der Waals surface area contributed by atoms with E-state index in [1.54, 1.807) is 5.57 Å². The van der Waals surface area contributed by atoms with Crippen LogP contribution in [-0.4, -0.2) is 0 Å². The summed E-state index contributed by atoms with van der Waals surface area (Å²) in [6.07, 6.45) is 11.5. The highest BCUT2D eigenvalue weighted by atomic mass is 14.3. The fourth-order valence-electron chi connectivity index (χ4n) is 5.44. The molecule has 0 saturated carbocycles. The molecule has 0 spiro atoms. The van der Waals surface area contributed by atoms with E-state index in [0.29, 0.717) is 0 Å². The Morgan fingerprint density at radius 2 is 1.08 bits per heavy atom. The van der Waals surface area contributed by atoms with Gasteiger partial charge in [0.25, 0.3) is 0 Å². The quantitative estimate of drug-likeness (QED) is 0.282. The summed E-state index contributed by atoms with van der Waals surface area (Å²) in [5.41, 5.74) is 13.1. The van der Waals surface area contributed by atoms with Crippen LogP contribution in [0.4, 0.5) is 0 Å². The lowest BCUT2D eigenvalue weighted by atomic mass is 9.84. The Balaban J connectivity index is 1.69. The van der Waals surface area contributed by atoms with Crippen LogP contribution in [0.2, 0.25) is 0 Å². The molecule has 4 rings (SSSR count). The molecule has 190 valence electrons. The third-order valence-corrected chi connectivity index (χ3v) is 7.83. The Morgan fingerprint density at radius 1 is 0.583 bits per heavy atom. The summed E-state index contributed by atoms with van der Waals surface area (Å²) in [6.45, 7) is 16.0. The van der Waals surface area contributed by atoms with Gasteiger partial charge >= 0.3 is 0 Å². The van der Waals surface area contributed by atoms with Crippen molar-refractivity contribution in [3.8, 4) is 22.3 Å². The molecule has 0 atom stereocenters. The van der Waals surface area contributed by atoms with E-state index in [2.05, 4.69) is 115 Å². The molecule has 0 N–H and O–H groups in total. The molecule has 1 aliphatic rings. The van der Waals surface area contributed by atoms with Crippen LogP contribution >= 0.6 is 0 Å².